The van der Waals surface area contributed by atoms with Gasteiger partial charge in [-0.1, -0.05) is 0 Å². The number of non-ortho nitro benzene ring substituents is 1. The van der Waals surface area contributed by atoms with E-state index in [2.05, 4.69) is 9.97 Å². The number of aryl methyl sites for hydroxylation is 2. The monoisotopic (exact) mass is 356 g/mol. The van der Waals surface area contributed by atoms with E-state index in [1.54, 1.807) is 4.90 Å². The smallest absolute Gasteiger partial charge is 0.317 e. The first-order chi connectivity index (χ1) is 12.4. The number of carbonyl (C=O) groups is 1. The number of nitro groups is 1. The van der Waals surface area contributed by atoms with E-state index < -0.39 is 4.92 Å². The molecule has 2 heterocycles. The lowest BCUT2D eigenvalue weighted by molar-refractivity contribution is -0.384. The van der Waals surface area contributed by atoms with Crippen LogP contribution in [0.15, 0.2) is 30.3 Å². The van der Waals surface area contributed by atoms with E-state index in [4.69, 9.17) is 4.74 Å². The fourth-order valence-electron chi connectivity index (χ4n) is 3.02. The number of piperidine rings is 1. The molecule has 136 valence electrons. The van der Waals surface area contributed by atoms with Crippen molar-refractivity contribution in [1.82, 2.24) is 14.9 Å². The number of aromatic nitrogens is 2. The largest absolute Gasteiger partial charge is 0.458 e. The van der Waals surface area contributed by atoms with Gasteiger partial charge >= 0.3 is 6.01 Å². The first kappa shape index (κ1) is 17.8. The summed E-state index contributed by atoms with van der Waals surface area (Å²) in [6.45, 7) is 4.83. The number of rotatable bonds is 4. The van der Waals surface area contributed by atoms with Gasteiger partial charge in [-0.2, -0.15) is 0 Å². The van der Waals surface area contributed by atoms with Crippen molar-refractivity contribution in [1.29, 1.82) is 0 Å². The second-order valence-electron chi connectivity index (χ2n) is 6.37. The summed E-state index contributed by atoms with van der Waals surface area (Å²) < 4.78 is 5.88. The van der Waals surface area contributed by atoms with Gasteiger partial charge in [-0.25, -0.2) is 9.97 Å². The summed E-state index contributed by atoms with van der Waals surface area (Å²) in [6.07, 6.45) is 1.46. The van der Waals surface area contributed by atoms with Gasteiger partial charge < -0.3 is 9.64 Å². The van der Waals surface area contributed by atoms with Gasteiger partial charge in [0.2, 0.25) is 0 Å². The van der Waals surface area contributed by atoms with Gasteiger partial charge in [-0.15, -0.1) is 0 Å². The molecule has 8 heteroatoms. The van der Waals surface area contributed by atoms with Gasteiger partial charge in [-0.3, -0.25) is 14.9 Å². The van der Waals surface area contributed by atoms with Crippen molar-refractivity contribution >= 4 is 11.6 Å². The Kier molecular flexibility index (Phi) is 5.11. The van der Waals surface area contributed by atoms with E-state index in [0.717, 1.165) is 24.2 Å². The number of benzene rings is 1. The van der Waals surface area contributed by atoms with Crippen molar-refractivity contribution in [3.8, 4) is 6.01 Å². The molecular weight excluding hydrogens is 336 g/mol. The van der Waals surface area contributed by atoms with E-state index in [1.165, 1.54) is 24.3 Å². The minimum absolute atomic E-state index is 0.0339. The SMILES string of the molecule is Cc1cc(C)nc(OC2CCCN(C(=O)c3ccc([N+](=O)[O-])cc3)C2)n1. The summed E-state index contributed by atoms with van der Waals surface area (Å²) in [5, 5.41) is 10.7. The molecule has 0 aliphatic carbocycles. The highest BCUT2D eigenvalue weighted by Crippen LogP contribution is 2.19. The molecule has 1 aliphatic heterocycles. The van der Waals surface area contributed by atoms with Gasteiger partial charge in [-0.05, 0) is 44.9 Å². The van der Waals surface area contributed by atoms with Crippen LogP contribution in [0, 0.1) is 24.0 Å². The lowest BCUT2D eigenvalue weighted by Crippen LogP contribution is -2.44. The molecule has 8 nitrogen and oxygen atoms in total. The first-order valence-electron chi connectivity index (χ1n) is 8.45. The van der Waals surface area contributed by atoms with Gasteiger partial charge in [0.25, 0.3) is 11.6 Å². The number of hydrogen-bond acceptors (Lipinski definition) is 6. The van der Waals surface area contributed by atoms with E-state index in [1.807, 2.05) is 19.9 Å². The van der Waals surface area contributed by atoms with E-state index in [9.17, 15) is 14.9 Å². The summed E-state index contributed by atoms with van der Waals surface area (Å²) >= 11 is 0. The summed E-state index contributed by atoms with van der Waals surface area (Å²) in [7, 11) is 0. The van der Waals surface area contributed by atoms with Crippen LogP contribution in [0.1, 0.15) is 34.6 Å². The molecule has 3 rings (SSSR count). The summed E-state index contributed by atoms with van der Waals surface area (Å²) in [5.41, 5.74) is 2.07. The van der Waals surface area contributed by atoms with E-state index >= 15 is 0 Å². The van der Waals surface area contributed by atoms with Gasteiger partial charge in [0.15, 0.2) is 0 Å². The lowest BCUT2D eigenvalue weighted by Gasteiger charge is -2.32. The average molecular weight is 356 g/mol. The van der Waals surface area contributed by atoms with Crippen molar-refractivity contribution in [2.45, 2.75) is 32.8 Å². The highest BCUT2D eigenvalue weighted by atomic mass is 16.6. The number of likely N-dealkylation sites (tertiary alicyclic amines) is 1. The molecule has 1 aromatic heterocycles. The molecule has 1 aromatic carbocycles. The highest BCUT2D eigenvalue weighted by Gasteiger charge is 2.26. The van der Waals surface area contributed by atoms with Crippen LogP contribution in [-0.2, 0) is 0 Å². The minimum atomic E-state index is -0.483. The predicted molar refractivity (Wildman–Crippen MR) is 94.2 cm³/mol. The third-order valence-corrected chi connectivity index (χ3v) is 4.22. The van der Waals surface area contributed by atoms with Crippen LogP contribution in [0.5, 0.6) is 6.01 Å². The van der Waals surface area contributed by atoms with Crippen molar-refractivity contribution in [3.05, 3.63) is 57.4 Å². The summed E-state index contributed by atoms with van der Waals surface area (Å²) in [4.78, 5) is 33.2. The predicted octanol–water partition coefficient (Wildman–Crippen LogP) is 2.69. The van der Waals surface area contributed by atoms with E-state index in [-0.39, 0.29) is 17.7 Å². The number of hydrogen-bond donors (Lipinski definition) is 0. The number of amides is 1. The second-order valence-corrected chi connectivity index (χ2v) is 6.37. The summed E-state index contributed by atoms with van der Waals surface area (Å²) in [6, 6.07) is 7.86. The molecule has 0 spiro atoms. The zero-order valence-electron chi connectivity index (χ0n) is 14.7. The average Bonchev–Trinajstić information content (AvgIpc) is 2.60. The Morgan fingerprint density at radius 2 is 1.88 bits per heavy atom. The van der Waals surface area contributed by atoms with Crippen LogP contribution in [0.25, 0.3) is 0 Å². The van der Waals surface area contributed by atoms with Crippen LogP contribution < -0.4 is 4.74 Å². The van der Waals surface area contributed by atoms with Crippen LogP contribution in [0.2, 0.25) is 0 Å². The Labute approximate surface area is 151 Å². The van der Waals surface area contributed by atoms with E-state index in [0.29, 0.717) is 24.7 Å². The molecule has 26 heavy (non-hydrogen) atoms. The summed E-state index contributed by atoms with van der Waals surface area (Å²) in [5.74, 6) is -0.158. The number of nitro benzene ring substituents is 1. The van der Waals surface area contributed by atoms with Crippen LogP contribution in [0.3, 0.4) is 0 Å². The molecular formula is C18H20N4O4. The Balaban J connectivity index is 1.67. The molecule has 0 saturated carbocycles. The Hall–Kier alpha value is -3.03. The Morgan fingerprint density at radius 3 is 2.50 bits per heavy atom. The Bertz CT molecular complexity index is 802. The van der Waals surface area contributed by atoms with Crippen molar-refractivity contribution in [2.75, 3.05) is 13.1 Å². The Morgan fingerprint density at radius 1 is 1.23 bits per heavy atom. The zero-order valence-corrected chi connectivity index (χ0v) is 14.7. The minimum Gasteiger partial charge on any atom is -0.458 e. The van der Waals surface area contributed by atoms with Gasteiger partial charge in [0.05, 0.1) is 11.5 Å². The highest BCUT2D eigenvalue weighted by molar-refractivity contribution is 5.94. The maximum atomic E-state index is 12.7. The molecule has 0 N–H and O–H groups in total. The molecule has 2 aromatic rings. The molecule has 0 bridgehead atoms. The third kappa shape index (κ3) is 4.14. The zero-order chi connectivity index (χ0) is 18.7. The topological polar surface area (TPSA) is 98.5 Å². The third-order valence-electron chi connectivity index (χ3n) is 4.22. The maximum Gasteiger partial charge on any atom is 0.317 e. The molecule has 1 saturated heterocycles. The van der Waals surface area contributed by atoms with Gasteiger partial charge in [0.1, 0.15) is 6.10 Å². The van der Waals surface area contributed by atoms with Crippen LogP contribution >= 0.6 is 0 Å². The fraction of sp³-hybridized carbons (Fsp3) is 0.389. The van der Waals surface area contributed by atoms with Crippen molar-refractivity contribution in [3.63, 3.8) is 0 Å². The standard InChI is InChI=1S/C18H20N4O4/c1-12-10-13(2)20-18(19-12)26-16-4-3-9-21(11-16)17(23)14-5-7-15(8-6-14)22(24)25/h5-8,10,16H,3-4,9,11H2,1-2H3. The molecule has 1 amide bonds. The van der Waals surface area contributed by atoms with Crippen LogP contribution in [-0.4, -0.2) is 44.9 Å². The van der Waals surface area contributed by atoms with Crippen LogP contribution in [0.4, 0.5) is 5.69 Å². The fourth-order valence-corrected chi connectivity index (χ4v) is 3.02. The van der Waals surface area contributed by atoms with Gasteiger partial charge in [0, 0.05) is 35.6 Å². The quantitative estimate of drug-likeness (QED) is 0.617. The maximum absolute atomic E-state index is 12.7. The molecule has 1 unspecified atom stereocenters. The molecule has 0 radical (unpaired) electrons. The lowest BCUT2D eigenvalue weighted by atomic mass is 10.1. The van der Waals surface area contributed by atoms with Crippen molar-refractivity contribution in [2.24, 2.45) is 0 Å². The van der Waals surface area contributed by atoms with Crippen molar-refractivity contribution < 1.29 is 14.5 Å². The first-order valence-corrected chi connectivity index (χ1v) is 8.45. The normalized spacial score (nSPS) is 17.0. The molecule has 1 atom stereocenters. The number of nitrogens with zero attached hydrogens (tertiary/aromatic N) is 4. The molecule has 1 aliphatic rings. The number of carbonyl (C=O) groups excluding carboxylic acids is 1. The second kappa shape index (κ2) is 7.47. The molecule has 1 fully saturated rings. The number of ether oxygens (including phenoxy) is 1.